The fraction of sp³-hybridized carbons (Fsp3) is 0. The third-order valence-corrected chi connectivity index (χ3v) is 14.5. The molecule has 73 heavy (non-hydrogen) atoms. The molecule has 0 saturated heterocycles. The van der Waals surface area contributed by atoms with Crippen molar-refractivity contribution in [3.63, 3.8) is 0 Å². The van der Waals surface area contributed by atoms with Crippen molar-refractivity contribution in [3.8, 4) is 89.5 Å². The normalized spacial score (nSPS) is 11.6. The quantitative estimate of drug-likeness (QED) is 0.143. The number of hydrogen-bond donors (Lipinski definition) is 0. The molecule has 0 radical (unpaired) electrons. The smallest absolute Gasteiger partial charge is 0.174 e. The van der Waals surface area contributed by atoms with Crippen LogP contribution in [0, 0.1) is 0 Å². The molecule has 0 amide bonds. The van der Waals surface area contributed by atoms with Gasteiger partial charge in [0.05, 0.1) is 32.6 Å². The van der Waals surface area contributed by atoms with Gasteiger partial charge in [0.25, 0.3) is 0 Å². The van der Waals surface area contributed by atoms with Gasteiger partial charge in [0.2, 0.25) is 0 Å². The van der Waals surface area contributed by atoms with Crippen LogP contribution in [-0.4, -0.2) is 39.0 Å². The van der Waals surface area contributed by atoms with Gasteiger partial charge in [0.15, 0.2) is 34.9 Å². The number of fused-ring (bicyclic) bond motifs is 7. The Hall–Kier alpha value is -9.70. The molecule has 0 aliphatic carbocycles. The van der Waals surface area contributed by atoms with E-state index in [9.17, 15) is 0 Å². The summed E-state index contributed by atoms with van der Waals surface area (Å²) in [5.74, 6) is 3.78. The third kappa shape index (κ3) is 7.37. The van der Waals surface area contributed by atoms with E-state index in [0.717, 1.165) is 82.0 Å². The molecular formula is C64H40N8S. The molecule has 0 fully saturated rings. The highest BCUT2D eigenvalue weighted by Gasteiger charge is 2.24. The lowest BCUT2D eigenvalue weighted by Gasteiger charge is -2.15. The number of thiophene rings is 1. The first-order valence-electron chi connectivity index (χ1n) is 24.2. The van der Waals surface area contributed by atoms with Crippen molar-refractivity contribution in [3.05, 3.63) is 243 Å². The lowest BCUT2D eigenvalue weighted by atomic mass is 10.0. The predicted octanol–water partition coefficient (Wildman–Crippen LogP) is 16.0. The molecule has 0 aliphatic heterocycles. The monoisotopic (exact) mass is 952 g/mol. The minimum absolute atomic E-state index is 0.611. The fourth-order valence-corrected chi connectivity index (χ4v) is 11.1. The minimum Gasteiger partial charge on any atom is -0.309 e. The molecule has 5 aromatic heterocycles. The molecule has 9 aromatic carbocycles. The molecule has 0 aliphatic rings. The first-order valence-corrected chi connectivity index (χ1v) is 25.0. The Kier molecular flexibility index (Phi) is 10.2. The van der Waals surface area contributed by atoms with Crippen LogP contribution in [0.5, 0.6) is 0 Å². The van der Waals surface area contributed by atoms with E-state index in [1.165, 1.54) is 16.2 Å². The Morgan fingerprint density at radius 2 is 0.740 bits per heavy atom. The van der Waals surface area contributed by atoms with Gasteiger partial charge in [-0.2, -0.15) is 0 Å². The van der Waals surface area contributed by atoms with Crippen molar-refractivity contribution < 1.29 is 0 Å². The maximum Gasteiger partial charge on any atom is 0.174 e. The van der Waals surface area contributed by atoms with Gasteiger partial charge in [-0.15, -0.1) is 11.3 Å². The van der Waals surface area contributed by atoms with E-state index >= 15 is 0 Å². The third-order valence-electron chi connectivity index (χ3n) is 13.5. The van der Waals surface area contributed by atoms with Crippen LogP contribution in [0.3, 0.4) is 0 Å². The second kappa shape index (κ2) is 17.6. The van der Waals surface area contributed by atoms with Gasteiger partial charge in [0, 0.05) is 54.9 Å². The zero-order valence-corrected chi connectivity index (χ0v) is 39.9. The lowest BCUT2D eigenvalue weighted by Crippen LogP contribution is -2.00. The van der Waals surface area contributed by atoms with E-state index in [1.807, 2.05) is 121 Å². The molecule has 14 rings (SSSR count). The van der Waals surface area contributed by atoms with Crippen LogP contribution in [0.1, 0.15) is 0 Å². The largest absolute Gasteiger partial charge is 0.309 e. The van der Waals surface area contributed by atoms with Crippen LogP contribution in [0.15, 0.2) is 243 Å². The Morgan fingerprint density at radius 3 is 1.33 bits per heavy atom. The summed E-state index contributed by atoms with van der Waals surface area (Å²) in [7, 11) is 0. The average molecular weight is 953 g/mol. The summed E-state index contributed by atoms with van der Waals surface area (Å²) in [6, 6.07) is 84.2. The summed E-state index contributed by atoms with van der Waals surface area (Å²) < 4.78 is 4.87. The van der Waals surface area contributed by atoms with Crippen molar-refractivity contribution in [2.45, 2.75) is 0 Å². The number of benzene rings is 9. The van der Waals surface area contributed by atoms with Crippen LogP contribution in [0.4, 0.5) is 0 Å². The zero-order chi connectivity index (χ0) is 48.2. The first kappa shape index (κ1) is 42.2. The lowest BCUT2D eigenvalue weighted by molar-refractivity contribution is 1.07. The van der Waals surface area contributed by atoms with Crippen molar-refractivity contribution in [1.29, 1.82) is 0 Å². The summed E-state index contributed by atoms with van der Waals surface area (Å²) in [4.78, 5) is 31.2. The van der Waals surface area contributed by atoms with Gasteiger partial charge >= 0.3 is 0 Å². The van der Waals surface area contributed by atoms with E-state index in [2.05, 4.69) is 130 Å². The molecule has 0 bridgehead atoms. The summed E-state index contributed by atoms with van der Waals surface area (Å²) >= 11 is 1.69. The number of nitrogens with zero attached hydrogens (tertiary/aromatic N) is 8. The number of para-hydroxylation sites is 3. The van der Waals surface area contributed by atoms with Gasteiger partial charge in [-0.05, 0) is 48.0 Å². The van der Waals surface area contributed by atoms with Gasteiger partial charge in [-0.3, -0.25) is 4.57 Å². The Balaban J connectivity index is 0.939. The summed E-state index contributed by atoms with van der Waals surface area (Å²) in [5, 5.41) is 5.77. The van der Waals surface area contributed by atoms with Crippen molar-refractivity contribution in [2.75, 3.05) is 0 Å². The molecule has 14 aromatic rings. The van der Waals surface area contributed by atoms with E-state index in [1.54, 1.807) is 11.3 Å². The van der Waals surface area contributed by atoms with E-state index in [0.29, 0.717) is 34.9 Å². The number of aromatic nitrogens is 8. The summed E-state index contributed by atoms with van der Waals surface area (Å²) in [5.41, 5.74) is 12.3. The van der Waals surface area contributed by atoms with E-state index < -0.39 is 0 Å². The highest BCUT2D eigenvalue weighted by Crippen LogP contribution is 2.45. The summed E-state index contributed by atoms with van der Waals surface area (Å²) in [6.45, 7) is 0. The molecule has 0 saturated carbocycles. The topological polar surface area (TPSA) is 87.2 Å². The van der Waals surface area contributed by atoms with Crippen molar-refractivity contribution >= 4 is 54.9 Å². The molecule has 5 heterocycles. The first-order chi connectivity index (χ1) is 36.2. The standard InChI is InChI=1S/C64H40N8S/c1-5-20-41(21-6-1)59-65-60(42-22-7-2-8-23-42)68-63(67-59)46-29-19-28-45(40-46)47-30-13-16-33-51(47)71-53-35-18-15-32-50(53)57-54(71)37-36-49-48-31-14-17-34-52(48)72(58(49)57)56-39-38-55(73-56)64-69-61(43-24-9-3-10-25-43)66-62(70-64)44-26-11-4-12-27-44/h1-40H. The maximum absolute atomic E-state index is 5.10. The SMILES string of the molecule is c1ccc(-c2nc(-c3ccccc3)nc(-c3cccc(-c4ccccc4-n4c5ccccc5c5c4ccc4c6ccccc6n(-c6ccc(-c7nc(-c8ccccc8)nc(-c8ccccc8)n7)s6)c45)c3)n2)cc1. The van der Waals surface area contributed by atoms with Crippen LogP contribution >= 0.6 is 11.3 Å². The van der Waals surface area contributed by atoms with Crippen molar-refractivity contribution in [1.82, 2.24) is 39.0 Å². The van der Waals surface area contributed by atoms with Crippen molar-refractivity contribution in [2.24, 2.45) is 0 Å². The van der Waals surface area contributed by atoms with Gasteiger partial charge < -0.3 is 4.57 Å². The summed E-state index contributed by atoms with van der Waals surface area (Å²) in [6.07, 6.45) is 0. The Labute approximate surface area is 423 Å². The van der Waals surface area contributed by atoms with Gasteiger partial charge in [0.1, 0.15) is 5.00 Å². The van der Waals surface area contributed by atoms with Gasteiger partial charge in [-0.25, -0.2) is 29.9 Å². The van der Waals surface area contributed by atoms with Crippen LogP contribution in [0.2, 0.25) is 0 Å². The average Bonchev–Trinajstić information content (AvgIpc) is 4.23. The van der Waals surface area contributed by atoms with E-state index in [-0.39, 0.29) is 0 Å². The molecule has 9 heteroatoms. The molecule has 0 unspecified atom stereocenters. The fourth-order valence-electron chi connectivity index (χ4n) is 10.2. The van der Waals surface area contributed by atoms with Crippen LogP contribution < -0.4 is 0 Å². The second-order valence-corrected chi connectivity index (χ2v) is 18.9. The molecule has 0 atom stereocenters. The molecule has 0 N–H and O–H groups in total. The number of hydrogen-bond acceptors (Lipinski definition) is 7. The second-order valence-electron chi connectivity index (χ2n) is 17.9. The minimum atomic E-state index is 0.611. The maximum atomic E-state index is 5.10. The number of rotatable bonds is 9. The van der Waals surface area contributed by atoms with Gasteiger partial charge in [-0.1, -0.05) is 200 Å². The van der Waals surface area contributed by atoms with Crippen LogP contribution in [0.25, 0.3) is 133 Å². The van der Waals surface area contributed by atoms with E-state index in [4.69, 9.17) is 29.9 Å². The molecular weight excluding hydrogens is 913 g/mol. The predicted molar refractivity (Wildman–Crippen MR) is 298 cm³/mol. The molecule has 342 valence electrons. The Morgan fingerprint density at radius 1 is 0.288 bits per heavy atom. The highest BCUT2D eigenvalue weighted by molar-refractivity contribution is 7.17. The van der Waals surface area contributed by atoms with Crippen LogP contribution in [-0.2, 0) is 0 Å². The molecule has 0 spiro atoms. The zero-order valence-electron chi connectivity index (χ0n) is 39.1. The Bertz CT molecular complexity index is 4260. The highest BCUT2D eigenvalue weighted by atomic mass is 32.1. The molecule has 8 nitrogen and oxygen atoms in total.